The number of para-hydroxylation sites is 1. The van der Waals surface area contributed by atoms with Crippen LogP contribution in [0.5, 0.6) is 5.75 Å². The van der Waals surface area contributed by atoms with Gasteiger partial charge in [-0.05, 0) is 48.9 Å². The van der Waals surface area contributed by atoms with Crippen molar-refractivity contribution in [3.63, 3.8) is 0 Å². The molecule has 1 atom stereocenters. The van der Waals surface area contributed by atoms with E-state index in [1.165, 1.54) is 12.1 Å². The van der Waals surface area contributed by atoms with Gasteiger partial charge in [0.05, 0.1) is 17.2 Å². The van der Waals surface area contributed by atoms with Crippen molar-refractivity contribution in [2.24, 2.45) is 0 Å². The number of carbonyl (C=O) groups excluding carboxylic acids is 1. The van der Waals surface area contributed by atoms with E-state index in [0.29, 0.717) is 22.0 Å². The number of hydrogen-bond acceptors (Lipinski definition) is 4. The van der Waals surface area contributed by atoms with Crippen LogP contribution in [-0.2, 0) is 6.61 Å². The standard InChI is InChI=1S/C23H21ClN2O4/c1-14(15-6-8-16(9-7-15)23(28)29)26-22(27)19-12-18(24)10-11-21(19)30-13-17-4-2-3-5-20(17)25/h2-12,14H,13,25H2,1H3,(H,26,27)(H,28,29)/t14-/m0/s1. The van der Waals surface area contributed by atoms with E-state index in [1.807, 2.05) is 25.1 Å². The van der Waals surface area contributed by atoms with Crippen LogP contribution in [0, 0.1) is 0 Å². The van der Waals surface area contributed by atoms with Crippen molar-refractivity contribution in [1.82, 2.24) is 5.32 Å². The number of nitrogens with two attached hydrogens (primary N) is 1. The molecule has 3 aromatic carbocycles. The number of carboxylic acid groups (broad SMARTS) is 1. The van der Waals surface area contributed by atoms with Crippen LogP contribution < -0.4 is 15.8 Å². The highest BCUT2D eigenvalue weighted by Crippen LogP contribution is 2.26. The fraction of sp³-hybridized carbons (Fsp3) is 0.130. The van der Waals surface area contributed by atoms with Gasteiger partial charge in [0.1, 0.15) is 12.4 Å². The lowest BCUT2D eigenvalue weighted by Gasteiger charge is -2.17. The first-order chi connectivity index (χ1) is 14.3. The first kappa shape index (κ1) is 21.2. The molecule has 30 heavy (non-hydrogen) atoms. The van der Waals surface area contributed by atoms with E-state index < -0.39 is 5.97 Å². The van der Waals surface area contributed by atoms with Crippen molar-refractivity contribution in [2.45, 2.75) is 19.6 Å². The second-order valence-corrected chi connectivity index (χ2v) is 7.19. The molecule has 3 rings (SSSR count). The van der Waals surface area contributed by atoms with Crippen LogP contribution in [-0.4, -0.2) is 17.0 Å². The van der Waals surface area contributed by atoms with Gasteiger partial charge in [-0.2, -0.15) is 0 Å². The Morgan fingerprint density at radius 3 is 2.47 bits per heavy atom. The molecule has 1 amide bonds. The summed E-state index contributed by atoms with van der Waals surface area (Å²) < 4.78 is 5.84. The molecule has 0 aliphatic rings. The molecule has 4 N–H and O–H groups in total. The van der Waals surface area contributed by atoms with E-state index >= 15 is 0 Å². The summed E-state index contributed by atoms with van der Waals surface area (Å²) in [5.74, 6) is -0.977. The zero-order chi connectivity index (χ0) is 21.7. The van der Waals surface area contributed by atoms with E-state index in [-0.39, 0.29) is 24.1 Å². The molecule has 0 fully saturated rings. The molecule has 0 bridgehead atoms. The second kappa shape index (κ2) is 9.33. The average Bonchev–Trinajstić information content (AvgIpc) is 2.73. The Labute approximate surface area is 179 Å². The highest BCUT2D eigenvalue weighted by molar-refractivity contribution is 6.31. The summed E-state index contributed by atoms with van der Waals surface area (Å²) in [6, 6.07) is 18.2. The minimum absolute atomic E-state index is 0.183. The van der Waals surface area contributed by atoms with Crippen LogP contribution in [0.4, 0.5) is 5.69 Å². The Morgan fingerprint density at radius 1 is 1.10 bits per heavy atom. The third-order valence-corrected chi connectivity index (χ3v) is 4.86. The lowest BCUT2D eigenvalue weighted by atomic mass is 10.1. The van der Waals surface area contributed by atoms with E-state index in [0.717, 1.165) is 11.1 Å². The number of benzene rings is 3. The lowest BCUT2D eigenvalue weighted by Crippen LogP contribution is -2.27. The fourth-order valence-corrected chi connectivity index (χ4v) is 3.07. The van der Waals surface area contributed by atoms with Gasteiger partial charge in [0, 0.05) is 16.3 Å². The number of amides is 1. The number of halogens is 1. The largest absolute Gasteiger partial charge is 0.488 e. The van der Waals surface area contributed by atoms with E-state index in [4.69, 9.17) is 27.2 Å². The Hall–Kier alpha value is -3.51. The van der Waals surface area contributed by atoms with Gasteiger partial charge in [0.2, 0.25) is 0 Å². The molecule has 6 nitrogen and oxygen atoms in total. The van der Waals surface area contributed by atoms with Crippen LogP contribution in [0.2, 0.25) is 5.02 Å². The number of rotatable bonds is 7. The number of carboxylic acids is 1. The molecule has 0 saturated carbocycles. The van der Waals surface area contributed by atoms with Crippen molar-refractivity contribution in [1.29, 1.82) is 0 Å². The van der Waals surface area contributed by atoms with Gasteiger partial charge in [-0.25, -0.2) is 4.79 Å². The van der Waals surface area contributed by atoms with E-state index in [2.05, 4.69) is 5.32 Å². The van der Waals surface area contributed by atoms with Crippen molar-refractivity contribution < 1.29 is 19.4 Å². The van der Waals surface area contributed by atoms with Gasteiger partial charge in [-0.15, -0.1) is 0 Å². The molecule has 0 unspecified atom stereocenters. The molecule has 0 aliphatic heterocycles. The Balaban J connectivity index is 1.75. The van der Waals surface area contributed by atoms with Crippen LogP contribution in [0.15, 0.2) is 66.7 Å². The lowest BCUT2D eigenvalue weighted by molar-refractivity contribution is 0.0696. The quantitative estimate of drug-likeness (QED) is 0.477. The second-order valence-electron chi connectivity index (χ2n) is 6.75. The number of nitrogens with one attached hydrogen (secondary N) is 1. The van der Waals surface area contributed by atoms with Crippen molar-refractivity contribution in [3.8, 4) is 5.75 Å². The molecular weight excluding hydrogens is 404 g/mol. The van der Waals surface area contributed by atoms with Gasteiger partial charge in [-0.3, -0.25) is 4.79 Å². The molecule has 7 heteroatoms. The zero-order valence-corrected chi connectivity index (χ0v) is 17.0. The van der Waals surface area contributed by atoms with Crippen LogP contribution in [0.1, 0.15) is 44.8 Å². The summed E-state index contributed by atoms with van der Waals surface area (Å²) >= 11 is 6.09. The number of ether oxygens (including phenoxy) is 1. The highest BCUT2D eigenvalue weighted by Gasteiger charge is 2.17. The summed E-state index contributed by atoms with van der Waals surface area (Å²) in [6.07, 6.45) is 0. The molecule has 154 valence electrons. The average molecular weight is 425 g/mol. The first-order valence-corrected chi connectivity index (χ1v) is 9.63. The predicted molar refractivity (Wildman–Crippen MR) is 116 cm³/mol. The molecule has 0 aliphatic carbocycles. The highest BCUT2D eigenvalue weighted by atomic mass is 35.5. The summed E-state index contributed by atoms with van der Waals surface area (Å²) in [5.41, 5.74) is 8.62. The summed E-state index contributed by atoms with van der Waals surface area (Å²) in [7, 11) is 0. The molecule has 0 saturated heterocycles. The minimum atomic E-state index is -1.00. The molecule has 3 aromatic rings. The summed E-state index contributed by atoms with van der Waals surface area (Å²) in [5, 5.41) is 12.3. The topological polar surface area (TPSA) is 102 Å². The van der Waals surface area contributed by atoms with Gasteiger partial charge in [0.15, 0.2) is 0 Å². The van der Waals surface area contributed by atoms with Gasteiger partial charge < -0.3 is 20.9 Å². The smallest absolute Gasteiger partial charge is 0.335 e. The Kier molecular flexibility index (Phi) is 6.59. The molecule has 0 heterocycles. The summed E-state index contributed by atoms with van der Waals surface area (Å²) in [4.78, 5) is 23.9. The number of carbonyl (C=O) groups is 2. The number of aromatic carboxylic acids is 1. The molecule has 0 spiro atoms. The van der Waals surface area contributed by atoms with Crippen LogP contribution in [0.25, 0.3) is 0 Å². The van der Waals surface area contributed by atoms with Crippen LogP contribution >= 0.6 is 11.6 Å². The summed E-state index contributed by atoms with van der Waals surface area (Å²) in [6.45, 7) is 2.02. The zero-order valence-electron chi connectivity index (χ0n) is 16.3. The monoisotopic (exact) mass is 424 g/mol. The third-order valence-electron chi connectivity index (χ3n) is 4.63. The minimum Gasteiger partial charge on any atom is -0.488 e. The first-order valence-electron chi connectivity index (χ1n) is 9.25. The fourth-order valence-electron chi connectivity index (χ4n) is 2.90. The van der Waals surface area contributed by atoms with Gasteiger partial charge >= 0.3 is 5.97 Å². The number of anilines is 1. The van der Waals surface area contributed by atoms with E-state index in [9.17, 15) is 9.59 Å². The Morgan fingerprint density at radius 2 is 1.80 bits per heavy atom. The van der Waals surface area contributed by atoms with Crippen molar-refractivity contribution >= 4 is 29.2 Å². The van der Waals surface area contributed by atoms with Crippen LogP contribution in [0.3, 0.4) is 0 Å². The maximum atomic E-state index is 12.9. The maximum Gasteiger partial charge on any atom is 0.335 e. The SMILES string of the molecule is C[C@H](NC(=O)c1cc(Cl)ccc1OCc1ccccc1N)c1ccc(C(=O)O)cc1. The normalized spacial score (nSPS) is 11.5. The van der Waals surface area contributed by atoms with Crippen molar-refractivity contribution in [3.05, 3.63) is 94.0 Å². The molecular formula is C23H21ClN2O4. The van der Waals surface area contributed by atoms with Gasteiger partial charge in [0.25, 0.3) is 5.91 Å². The van der Waals surface area contributed by atoms with Crippen molar-refractivity contribution in [2.75, 3.05) is 5.73 Å². The Bertz CT molecular complexity index is 1070. The van der Waals surface area contributed by atoms with E-state index in [1.54, 1.807) is 36.4 Å². The molecule has 0 aromatic heterocycles. The predicted octanol–water partition coefficient (Wildman–Crippen LogP) is 4.69. The third kappa shape index (κ3) is 5.10. The number of nitrogen functional groups attached to an aromatic ring is 1. The van der Waals surface area contributed by atoms with Gasteiger partial charge in [-0.1, -0.05) is 41.9 Å². The molecule has 0 radical (unpaired) electrons. The maximum absolute atomic E-state index is 12.9. The number of hydrogen-bond donors (Lipinski definition) is 3.